The van der Waals surface area contributed by atoms with Crippen molar-refractivity contribution in [2.45, 2.75) is 117 Å². The van der Waals surface area contributed by atoms with Crippen molar-refractivity contribution in [2.24, 2.45) is 0 Å². The van der Waals surface area contributed by atoms with Crippen molar-refractivity contribution in [3.63, 3.8) is 0 Å². The van der Waals surface area contributed by atoms with Gasteiger partial charge >= 0.3 is 0 Å². The largest absolute Gasteiger partial charge is 0.490 e. The predicted molar refractivity (Wildman–Crippen MR) is 127 cm³/mol. The smallest absolute Gasteiger partial charge is 0.268 e. The summed E-state index contributed by atoms with van der Waals surface area (Å²) in [6.07, 6.45) is 16.9. The molecule has 0 radical (unpaired) electrons. The Bertz CT molecular complexity index is 670. The number of benzene rings is 1. The van der Waals surface area contributed by atoms with E-state index in [1.165, 1.54) is 88.2 Å². The summed E-state index contributed by atoms with van der Waals surface area (Å²) in [5, 5.41) is 0. The van der Waals surface area contributed by atoms with E-state index < -0.39 is 16.2 Å². The molecule has 30 heavy (non-hydrogen) atoms. The Morgan fingerprint density at radius 1 is 0.800 bits per heavy atom. The van der Waals surface area contributed by atoms with Gasteiger partial charge in [-0.05, 0) is 55.9 Å². The molecule has 174 valence electrons. The zero-order valence-electron chi connectivity index (χ0n) is 19.5. The van der Waals surface area contributed by atoms with Crippen LogP contribution < -0.4 is 4.74 Å². The van der Waals surface area contributed by atoms with Crippen molar-refractivity contribution >= 4 is 10.1 Å². The van der Waals surface area contributed by atoms with E-state index in [-0.39, 0.29) is 5.75 Å². The van der Waals surface area contributed by atoms with E-state index in [2.05, 4.69) is 26.0 Å². The molecule has 1 aromatic rings. The first-order valence-electron chi connectivity index (χ1n) is 12.1. The fourth-order valence-electron chi connectivity index (χ4n) is 3.91. The lowest BCUT2D eigenvalue weighted by Crippen LogP contribution is -2.23. The molecule has 0 fully saturated rings. The molecule has 1 rings (SSSR count). The zero-order valence-corrected chi connectivity index (χ0v) is 20.3. The van der Waals surface area contributed by atoms with Gasteiger partial charge in [0.1, 0.15) is 17.6 Å². The van der Waals surface area contributed by atoms with Gasteiger partial charge in [0, 0.05) is 0 Å². The quantitative estimate of drug-likeness (QED) is 0.194. The summed E-state index contributed by atoms with van der Waals surface area (Å²) in [7, 11) is -4.03. The maximum absolute atomic E-state index is 11.1. The number of rotatable bonds is 18. The van der Waals surface area contributed by atoms with Crippen molar-refractivity contribution < 1.29 is 17.7 Å². The van der Waals surface area contributed by atoms with Crippen molar-refractivity contribution in [1.82, 2.24) is 0 Å². The summed E-state index contributed by atoms with van der Waals surface area (Å²) in [5.74, 6) is 0.304. The van der Waals surface area contributed by atoms with Crippen LogP contribution in [0, 0.1) is 0 Å². The Morgan fingerprint density at radius 2 is 1.30 bits per heavy atom. The van der Waals surface area contributed by atoms with E-state index in [9.17, 15) is 8.42 Å². The second-order valence-corrected chi connectivity index (χ2v) is 10.1. The van der Waals surface area contributed by atoms with Crippen LogP contribution in [0.15, 0.2) is 18.2 Å². The second-order valence-electron chi connectivity index (χ2n) is 8.64. The summed E-state index contributed by atoms with van der Waals surface area (Å²) >= 11 is 0. The summed E-state index contributed by atoms with van der Waals surface area (Å²) in [6.45, 7) is 6.16. The molecule has 0 spiro atoms. The van der Waals surface area contributed by atoms with Gasteiger partial charge in [-0.3, -0.25) is 4.55 Å². The van der Waals surface area contributed by atoms with Gasteiger partial charge in [0.25, 0.3) is 10.1 Å². The van der Waals surface area contributed by atoms with E-state index in [4.69, 9.17) is 9.29 Å². The third kappa shape index (κ3) is 13.3. The molecule has 0 heterocycles. The molecule has 0 aliphatic carbocycles. The minimum absolute atomic E-state index is 0.390. The van der Waals surface area contributed by atoms with Gasteiger partial charge < -0.3 is 4.74 Å². The first-order valence-corrected chi connectivity index (χ1v) is 13.7. The third-order valence-electron chi connectivity index (χ3n) is 5.56. The maximum atomic E-state index is 11.1. The number of aryl methyl sites for hydroxylation is 2. The molecule has 1 N–H and O–H groups in total. The Hall–Kier alpha value is -1.07. The minimum Gasteiger partial charge on any atom is -0.490 e. The van der Waals surface area contributed by atoms with Crippen LogP contribution >= 0.6 is 0 Å². The average Bonchev–Trinajstić information content (AvgIpc) is 2.67. The van der Waals surface area contributed by atoms with Crippen LogP contribution in [-0.4, -0.2) is 24.8 Å². The number of ether oxygens (including phenoxy) is 1. The average molecular weight is 441 g/mol. The lowest BCUT2D eigenvalue weighted by atomic mass is 9.96. The molecule has 0 saturated carbocycles. The maximum Gasteiger partial charge on any atom is 0.268 e. The molecule has 1 atom stereocenters. The van der Waals surface area contributed by atoms with Gasteiger partial charge in [-0.15, -0.1) is 0 Å². The lowest BCUT2D eigenvalue weighted by Gasteiger charge is -2.16. The van der Waals surface area contributed by atoms with E-state index in [0.717, 1.165) is 12.8 Å². The fourth-order valence-corrected chi connectivity index (χ4v) is 4.57. The zero-order chi connectivity index (χ0) is 22.2. The lowest BCUT2D eigenvalue weighted by molar-refractivity contribution is 0.241. The van der Waals surface area contributed by atoms with Crippen LogP contribution in [0.1, 0.15) is 109 Å². The number of hydrogen-bond acceptors (Lipinski definition) is 3. The van der Waals surface area contributed by atoms with Gasteiger partial charge in [0.2, 0.25) is 0 Å². The summed E-state index contributed by atoms with van der Waals surface area (Å²) in [6, 6.07) is 6.17. The molecule has 0 saturated heterocycles. The van der Waals surface area contributed by atoms with Crippen molar-refractivity contribution in [3.8, 4) is 5.75 Å². The normalized spacial score (nSPS) is 12.8. The molecule has 1 aromatic carbocycles. The Labute approximate surface area is 185 Å². The van der Waals surface area contributed by atoms with Crippen molar-refractivity contribution in [2.75, 3.05) is 5.75 Å². The molecular formula is C25H44O4S. The molecule has 4 nitrogen and oxygen atoms in total. The highest BCUT2D eigenvalue weighted by molar-refractivity contribution is 7.85. The second kappa shape index (κ2) is 15.7. The molecule has 0 aromatic heterocycles. The third-order valence-corrected chi connectivity index (χ3v) is 6.45. The minimum atomic E-state index is -4.03. The van der Waals surface area contributed by atoms with Gasteiger partial charge in [-0.25, -0.2) is 0 Å². The first-order chi connectivity index (χ1) is 14.4. The van der Waals surface area contributed by atoms with E-state index in [0.29, 0.717) is 5.75 Å². The molecule has 0 aliphatic rings. The summed E-state index contributed by atoms with van der Waals surface area (Å²) in [4.78, 5) is 0. The standard InChI is InChI=1S/C25H44O4S/c1-4-6-8-10-12-14-16-23-18-19-25(29-22(3)21-30(26,27)28)20-24(23)17-15-13-11-9-7-5-2/h18-20,22H,4-17,21H2,1-3H3,(H,26,27,28). The van der Waals surface area contributed by atoms with Crippen LogP contribution in [0.3, 0.4) is 0 Å². The summed E-state index contributed by atoms with van der Waals surface area (Å²) < 4.78 is 37.0. The Kier molecular flexibility index (Phi) is 14.1. The van der Waals surface area contributed by atoms with Crippen LogP contribution in [-0.2, 0) is 23.0 Å². The Balaban J connectivity index is 2.66. The number of unbranched alkanes of at least 4 members (excludes halogenated alkanes) is 10. The molecule has 0 aliphatic heterocycles. The van der Waals surface area contributed by atoms with Crippen LogP contribution in [0.5, 0.6) is 5.75 Å². The number of hydrogen-bond donors (Lipinski definition) is 1. The monoisotopic (exact) mass is 440 g/mol. The molecular weight excluding hydrogens is 396 g/mol. The molecule has 0 bridgehead atoms. The fraction of sp³-hybridized carbons (Fsp3) is 0.760. The van der Waals surface area contributed by atoms with Gasteiger partial charge in [0.15, 0.2) is 0 Å². The van der Waals surface area contributed by atoms with Crippen LogP contribution in [0.2, 0.25) is 0 Å². The van der Waals surface area contributed by atoms with E-state index in [1.807, 2.05) is 6.07 Å². The van der Waals surface area contributed by atoms with Crippen molar-refractivity contribution in [3.05, 3.63) is 29.3 Å². The van der Waals surface area contributed by atoms with Crippen LogP contribution in [0.25, 0.3) is 0 Å². The molecule has 5 heteroatoms. The topological polar surface area (TPSA) is 63.6 Å². The SMILES string of the molecule is CCCCCCCCc1ccc(OC(C)CS(=O)(=O)O)cc1CCCCCCCC. The highest BCUT2D eigenvalue weighted by atomic mass is 32.2. The van der Waals surface area contributed by atoms with Gasteiger partial charge in [-0.2, -0.15) is 8.42 Å². The van der Waals surface area contributed by atoms with Crippen molar-refractivity contribution in [1.29, 1.82) is 0 Å². The highest BCUT2D eigenvalue weighted by Gasteiger charge is 2.14. The van der Waals surface area contributed by atoms with Crippen LogP contribution in [0.4, 0.5) is 0 Å². The van der Waals surface area contributed by atoms with Gasteiger partial charge in [-0.1, -0.05) is 84.1 Å². The first kappa shape index (κ1) is 27.0. The highest BCUT2D eigenvalue weighted by Crippen LogP contribution is 2.24. The Morgan fingerprint density at radius 3 is 1.83 bits per heavy atom. The molecule has 1 unspecified atom stereocenters. The summed E-state index contributed by atoms with van der Waals surface area (Å²) in [5.41, 5.74) is 2.73. The predicted octanol–water partition coefficient (Wildman–Crippen LogP) is 7.15. The molecule has 0 amide bonds. The van der Waals surface area contributed by atoms with Gasteiger partial charge in [0.05, 0.1) is 0 Å². The van der Waals surface area contributed by atoms with E-state index in [1.54, 1.807) is 6.92 Å². The van der Waals surface area contributed by atoms with E-state index >= 15 is 0 Å².